The van der Waals surface area contributed by atoms with Crippen LogP contribution in [0.5, 0.6) is 0 Å². The molecule has 0 spiro atoms. The maximum atomic E-state index is 10.5. The van der Waals surface area contributed by atoms with Crippen LogP contribution in [0.15, 0.2) is 0 Å². The number of likely N-dealkylation sites (N-methyl/N-ethyl adjacent to an activating group) is 1. The summed E-state index contributed by atoms with van der Waals surface area (Å²) >= 11 is 0. The Balaban J connectivity index is 4.08. The molecule has 0 saturated carbocycles. The summed E-state index contributed by atoms with van der Waals surface area (Å²) in [5.41, 5.74) is -0.929. The minimum absolute atomic E-state index is 0.0589. The van der Waals surface area contributed by atoms with Crippen LogP contribution in [0.25, 0.3) is 0 Å². The summed E-state index contributed by atoms with van der Waals surface area (Å²) in [5.74, 6) is -0.901. The standard InChI is InChI=1S/C6H13NO2/c1-4-6(2,7-3)5(8)9/h7H,4H2,1-3H3,(H,8,9)/t6-/m0/s1/i3D. The highest BCUT2D eigenvalue weighted by Crippen LogP contribution is 2.06. The van der Waals surface area contributed by atoms with Crippen molar-refractivity contribution in [1.29, 1.82) is 0 Å². The minimum Gasteiger partial charge on any atom is -0.480 e. The van der Waals surface area contributed by atoms with Crippen LogP contribution < -0.4 is 5.32 Å². The molecule has 0 aliphatic rings. The summed E-state index contributed by atoms with van der Waals surface area (Å²) in [5, 5.41) is 11.2. The third-order valence-electron chi connectivity index (χ3n) is 1.57. The summed E-state index contributed by atoms with van der Waals surface area (Å²) in [7, 11) is -0.0589. The molecule has 0 unspecified atom stereocenters. The quantitative estimate of drug-likeness (QED) is 0.586. The topological polar surface area (TPSA) is 49.3 Å². The van der Waals surface area contributed by atoms with Crippen molar-refractivity contribution >= 4 is 5.97 Å². The molecule has 0 rings (SSSR count). The third kappa shape index (κ3) is 1.68. The van der Waals surface area contributed by atoms with Crippen LogP contribution in [-0.4, -0.2) is 23.6 Å². The van der Waals surface area contributed by atoms with E-state index in [0.717, 1.165) is 0 Å². The van der Waals surface area contributed by atoms with Crippen LogP contribution >= 0.6 is 0 Å². The van der Waals surface area contributed by atoms with Crippen molar-refractivity contribution in [3.8, 4) is 0 Å². The number of hydrogen-bond donors (Lipinski definition) is 2. The van der Waals surface area contributed by atoms with Crippen molar-refractivity contribution in [3.05, 3.63) is 0 Å². The van der Waals surface area contributed by atoms with Gasteiger partial charge in [0.05, 0.1) is 0 Å². The monoisotopic (exact) mass is 132 g/mol. The van der Waals surface area contributed by atoms with Crippen LogP contribution in [0.4, 0.5) is 0 Å². The summed E-state index contributed by atoms with van der Waals surface area (Å²) in [4.78, 5) is 10.5. The molecule has 2 N–H and O–H groups in total. The summed E-state index contributed by atoms with van der Waals surface area (Å²) in [6, 6.07) is 0. The fraction of sp³-hybridized carbons (Fsp3) is 0.833. The molecule has 0 radical (unpaired) electrons. The van der Waals surface area contributed by atoms with Gasteiger partial charge in [-0.15, -0.1) is 0 Å². The average molecular weight is 132 g/mol. The predicted molar refractivity (Wildman–Crippen MR) is 35.4 cm³/mol. The maximum absolute atomic E-state index is 10.5. The van der Waals surface area contributed by atoms with Crippen LogP contribution in [-0.2, 0) is 4.79 Å². The maximum Gasteiger partial charge on any atom is 0.323 e. The van der Waals surface area contributed by atoms with Gasteiger partial charge in [-0.1, -0.05) is 6.92 Å². The first-order valence-electron chi connectivity index (χ1n) is 3.55. The number of nitrogens with one attached hydrogen (secondary N) is 1. The second-order valence-corrected chi connectivity index (χ2v) is 2.17. The smallest absolute Gasteiger partial charge is 0.323 e. The van der Waals surface area contributed by atoms with Crippen LogP contribution in [0.2, 0.25) is 0 Å². The molecular formula is C6H13NO2. The van der Waals surface area contributed by atoms with Gasteiger partial charge in [-0.2, -0.15) is 0 Å². The molecule has 0 amide bonds. The van der Waals surface area contributed by atoms with E-state index < -0.39 is 11.5 Å². The summed E-state index contributed by atoms with van der Waals surface area (Å²) in [6.45, 7) is 3.35. The number of aliphatic carboxylic acids is 1. The highest BCUT2D eigenvalue weighted by molar-refractivity contribution is 5.77. The van der Waals surface area contributed by atoms with E-state index in [9.17, 15) is 4.79 Å². The van der Waals surface area contributed by atoms with Gasteiger partial charge in [0.2, 0.25) is 0 Å². The molecule has 0 heterocycles. The second kappa shape index (κ2) is 2.82. The fourth-order valence-electron chi connectivity index (χ4n) is 0.352. The van der Waals surface area contributed by atoms with Gasteiger partial charge < -0.3 is 10.4 Å². The van der Waals surface area contributed by atoms with Gasteiger partial charge in [0.1, 0.15) is 5.54 Å². The highest BCUT2D eigenvalue weighted by Gasteiger charge is 2.27. The van der Waals surface area contributed by atoms with E-state index in [4.69, 9.17) is 6.48 Å². The average Bonchev–Trinajstić information content (AvgIpc) is 1.88. The predicted octanol–water partition coefficient (Wildman–Crippen LogP) is 0.459. The van der Waals surface area contributed by atoms with Crippen LogP contribution in [0.1, 0.15) is 21.6 Å². The van der Waals surface area contributed by atoms with E-state index in [2.05, 4.69) is 5.32 Å². The molecule has 54 valence electrons. The van der Waals surface area contributed by atoms with E-state index in [1.165, 1.54) is 0 Å². The lowest BCUT2D eigenvalue weighted by atomic mass is 10.0. The normalized spacial score (nSPS) is 18.2. The first-order chi connectivity index (χ1) is 4.56. The minimum atomic E-state index is -0.929. The Morgan fingerprint density at radius 2 is 2.56 bits per heavy atom. The summed E-state index contributed by atoms with van der Waals surface area (Å²) in [6.07, 6.45) is 0.487. The number of carbonyl (C=O) groups is 1. The SMILES string of the molecule is [2H]CN[C@@](C)(CC)C(=O)O. The molecule has 0 aromatic heterocycles. The summed E-state index contributed by atoms with van der Waals surface area (Å²) < 4.78 is 6.78. The van der Waals surface area contributed by atoms with Gasteiger partial charge in [0.25, 0.3) is 0 Å². The lowest BCUT2D eigenvalue weighted by molar-refractivity contribution is -0.144. The van der Waals surface area contributed by atoms with Crippen LogP contribution in [0.3, 0.4) is 0 Å². The Kier molecular flexibility index (Phi) is 2.05. The zero-order valence-corrected chi connectivity index (χ0v) is 5.77. The Morgan fingerprint density at radius 1 is 2.00 bits per heavy atom. The number of carboxylic acid groups (broad SMARTS) is 1. The van der Waals surface area contributed by atoms with Gasteiger partial charge in [-0.25, -0.2) is 0 Å². The molecule has 0 aliphatic carbocycles. The van der Waals surface area contributed by atoms with E-state index in [-0.39, 0.29) is 7.02 Å². The van der Waals surface area contributed by atoms with E-state index in [0.29, 0.717) is 6.42 Å². The van der Waals surface area contributed by atoms with Gasteiger partial charge in [-0.3, -0.25) is 4.79 Å². The Morgan fingerprint density at radius 3 is 2.67 bits per heavy atom. The lowest BCUT2D eigenvalue weighted by Crippen LogP contribution is -2.46. The molecule has 3 nitrogen and oxygen atoms in total. The molecule has 0 fully saturated rings. The highest BCUT2D eigenvalue weighted by atomic mass is 16.4. The molecule has 0 saturated heterocycles. The van der Waals surface area contributed by atoms with E-state index >= 15 is 0 Å². The number of hydrogen-bond acceptors (Lipinski definition) is 2. The van der Waals surface area contributed by atoms with Crippen molar-refractivity contribution in [3.63, 3.8) is 0 Å². The molecule has 0 aliphatic heterocycles. The molecule has 9 heavy (non-hydrogen) atoms. The van der Waals surface area contributed by atoms with E-state index in [1.54, 1.807) is 13.8 Å². The van der Waals surface area contributed by atoms with Crippen LogP contribution in [0, 0.1) is 0 Å². The molecular weight excluding hydrogens is 118 g/mol. The second-order valence-electron chi connectivity index (χ2n) is 2.17. The van der Waals surface area contributed by atoms with E-state index in [1.807, 2.05) is 0 Å². The Labute approximate surface area is 56.5 Å². The van der Waals surface area contributed by atoms with Crippen molar-refractivity contribution in [2.75, 3.05) is 7.02 Å². The number of carboxylic acids is 1. The van der Waals surface area contributed by atoms with Gasteiger partial charge >= 0.3 is 5.97 Å². The first kappa shape index (κ1) is 6.55. The molecule has 0 aromatic carbocycles. The Hall–Kier alpha value is -0.570. The van der Waals surface area contributed by atoms with Gasteiger partial charge in [0, 0.05) is 1.37 Å². The molecule has 3 heteroatoms. The molecule has 0 aromatic rings. The van der Waals surface area contributed by atoms with Crippen molar-refractivity contribution < 1.29 is 11.3 Å². The largest absolute Gasteiger partial charge is 0.480 e. The zero-order chi connectivity index (χ0) is 8.20. The molecule has 0 bridgehead atoms. The third-order valence-corrected chi connectivity index (χ3v) is 1.57. The lowest BCUT2D eigenvalue weighted by Gasteiger charge is -2.21. The fourth-order valence-corrected chi connectivity index (χ4v) is 0.352. The van der Waals surface area contributed by atoms with Gasteiger partial charge in [0.15, 0.2) is 0 Å². The molecule has 1 atom stereocenters. The number of rotatable bonds is 3. The Bertz CT molecular complexity index is 129. The van der Waals surface area contributed by atoms with Crippen molar-refractivity contribution in [2.24, 2.45) is 0 Å². The first-order valence-corrected chi connectivity index (χ1v) is 2.84. The van der Waals surface area contributed by atoms with Crippen molar-refractivity contribution in [2.45, 2.75) is 25.8 Å². The van der Waals surface area contributed by atoms with Crippen molar-refractivity contribution in [1.82, 2.24) is 5.32 Å². The zero-order valence-electron chi connectivity index (χ0n) is 6.77. The van der Waals surface area contributed by atoms with Gasteiger partial charge in [-0.05, 0) is 20.4 Å².